The molecule has 23 heavy (non-hydrogen) atoms. The van der Waals surface area contributed by atoms with Gasteiger partial charge in [-0.05, 0) is 40.1 Å². The van der Waals surface area contributed by atoms with Crippen molar-refractivity contribution in [1.82, 2.24) is 0 Å². The van der Waals surface area contributed by atoms with Crippen molar-refractivity contribution >= 4 is 33.3 Å². The summed E-state index contributed by atoms with van der Waals surface area (Å²) in [7, 11) is 0. The number of aromatic carboxylic acids is 1. The van der Waals surface area contributed by atoms with Crippen LogP contribution in [0.15, 0.2) is 42.5 Å². The van der Waals surface area contributed by atoms with Crippen LogP contribution >= 0.6 is 0 Å². The summed E-state index contributed by atoms with van der Waals surface area (Å²) in [6, 6.07) is 12.7. The van der Waals surface area contributed by atoms with E-state index >= 15 is 0 Å². The standard InChI is InChI=1S/C20H18O3/c1-11(2)19(21)16-8-7-12(3)18-14-5-4-6-17(20(22)23)13(14)9-10-15(16)18/h4-11H,1-3H3,(H,22,23). The molecule has 0 aliphatic heterocycles. The van der Waals surface area contributed by atoms with Crippen LogP contribution in [0.3, 0.4) is 0 Å². The van der Waals surface area contributed by atoms with E-state index in [0.29, 0.717) is 10.9 Å². The lowest BCUT2D eigenvalue weighted by molar-refractivity contribution is 0.0698. The van der Waals surface area contributed by atoms with E-state index < -0.39 is 5.97 Å². The van der Waals surface area contributed by atoms with Gasteiger partial charge in [-0.25, -0.2) is 4.79 Å². The van der Waals surface area contributed by atoms with Crippen molar-refractivity contribution in [3.8, 4) is 0 Å². The molecule has 0 unspecified atom stereocenters. The molecule has 0 saturated heterocycles. The summed E-state index contributed by atoms with van der Waals surface area (Å²) in [4.78, 5) is 23.9. The molecule has 0 aliphatic carbocycles. The quantitative estimate of drug-likeness (QED) is 0.556. The van der Waals surface area contributed by atoms with Gasteiger partial charge in [-0.3, -0.25) is 4.79 Å². The molecule has 3 heteroatoms. The van der Waals surface area contributed by atoms with Crippen molar-refractivity contribution in [3.63, 3.8) is 0 Å². The molecule has 3 nitrogen and oxygen atoms in total. The van der Waals surface area contributed by atoms with Crippen LogP contribution in [0, 0.1) is 12.8 Å². The van der Waals surface area contributed by atoms with Crippen LogP contribution < -0.4 is 0 Å². The summed E-state index contributed by atoms with van der Waals surface area (Å²) >= 11 is 0. The maximum absolute atomic E-state index is 12.5. The third-order valence-corrected chi connectivity index (χ3v) is 4.27. The number of carboxylic acid groups (broad SMARTS) is 1. The summed E-state index contributed by atoms with van der Waals surface area (Å²) in [6.07, 6.45) is 0. The third-order valence-electron chi connectivity index (χ3n) is 4.27. The zero-order valence-corrected chi connectivity index (χ0v) is 13.4. The number of Topliss-reactive ketones (excluding diaryl/α,β-unsaturated/α-hetero) is 1. The maximum atomic E-state index is 12.5. The number of benzene rings is 3. The highest BCUT2D eigenvalue weighted by atomic mass is 16.4. The van der Waals surface area contributed by atoms with E-state index in [-0.39, 0.29) is 17.3 Å². The van der Waals surface area contributed by atoms with Gasteiger partial charge in [0, 0.05) is 11.5 Å². The first kappa shape index (κ1) is 15.2. The molecule has 0 spiro atoms. The zero-order chi connectivity index (χ0) is 16.7. The lowest BCUT2D eigenvalue weighted by atomic mass is 9.90. The molecule has 0 radical (unpaired) electrons. The molecule has 3 rings (SSSR count). The lowest BCUT2D eigenvalue weighted by Gasteiger charge is -2.13. The smallest absolute Gasteiger partial charge is 0.336 e. The SMILES string of the molecule is Cc1ccc(C(=O)C(C)C)c2ccc3c(C(=O)O)cccc3c12. The molecule has 0 bridgehead atoms. The van der Waals surface area contributed by atoms with Crippen LogP contribution in [0.5, 0.6) is 0 Å². The number of fused-ring (bicyclic) bond motifs is 3. The number of hydrogen-bond acceptors (Lipinski definition) is 2. The topological polar surface area (TPSA) is 54.4 Å². The summed E-state index contributed by atoms with van der Waals surface area (Å²) in [5.41, 5.74) is 2.01. The molecule has 1 N–H and O–H groups in total. The molecule has 0 fully saturated rings. The molecule has 0 aromatic heterocycles. The normalized spacial score (nSPS) is 11.3. The minimum Gasteiger partial charge on any atom is -0.478 e. The van der Waals surface area contributed by atoms with Gasteiger partial charge in [0.25, 0.3) is 0 Å². The second-order valence-electron chi connectivity index (χ2n) is 6.14. The number of carboxylic acids is 1. The van der Waals surface area contributed by atoms with Crippen LogP contribution in [-0.2, 0) is 0 Å². The van der Waals surface area contributed by atoms with Crippen molar-refractivity contribution in [2.45, 2.75) is 20.8 Å². The molecular weight excluding hydrogens is 288 g/mol. The number of ketones is 1. The highest BCUT2D eigenvalue weighted by Crippen LogP contribution is 2.33. The Morgan fingerprint density at radius 1 is 0.870 bits per heavy atom. The average molecular weight is 306 g/mol. The van der Waals surface area contributed by atoms with Crippen LogP contribution in [0.4, 0.5) is 0 Å². The second-order valence-corrected chi connectivity index (χ2v) is 6.14. The molecule has 3 aromatic rings. The Morgan fingerprint density at radius 3 is 2.22 bits per heavy atom. The predicted octanol–water partition coefficient (Wildman–Crippen LogP) is 4.84. The van der Waals surface area contributed by atoms with E-state index in [1.807, 2.05) is 45.0 Å². The van der Waals surface area contributed by atoms with Crippen molar-refractivity contribution in [3.05, 3.63) is 59.2 Å². The molecule has 0 heterocycles. The van der Waals surface area contributed by atoms with Crippen LogP contribution in [0.1, 0.15) is 40.1 Å². The van der Waals surface area contributed by atoms with Gasteiger partial charge in [-0.15, -0.1) is 0 Å². The number of carbonyl (C=O) groups is 2. The second kappa shape index (κ2) is 5.51. The van der Waals surface area contributed by atoms with E-state index in [0.717, 1.165) is 21.7 Å². The molecule has 116 valence electrons. The maximum Gasteiger partial charge on any atom is 0.336 e. The van der Waals surface area contributed by atoms with Gasteiger partial charge in [0.05, 0.1) is 5.56 Å². The van der Waals surface area contributed by atoms with Gasteiger partial charge in [0.2, 0.25) is 0 Å². The fraction of sp³-hybridized carbons (Fsp3) is 0.200. The number of aryl methyl sites for hydroxylation is 1. The Bertz CT molecular complexity index is 952. The Hall–Kier alpha value is -2.68. The Morgan fingerprint density at radius 2 is 1.57 bits per heavy atom. The Kier molecular flexibility index (Phi) is 3.64. The van der Waals surface area contributed by atoms with E-state index in [1.165, 1.54) is 0 Å². The van der Waals surface area contributed by atoms with E-state index in [2.05, 4.69) is 0 Å². The predicted molar refractivity (Wildman–Crippen MR) is 92.3 cm³/mol. The largest absolute Gasteiger partial charge is 0.478 e. The lowest BCUT2D eigenvalue weighted by Crippen LogP contribution is -2.08. The molecular formula is C20H18O3. The van der Waals surface area contributed by atoms with Gasteiger partial charge < -0.3 is 5.11 Å². The van der Waals surface area contributed by atoms with Crippen molar-refractivity contribution < 1.29 is 14.7 Å². The summed E-state index contributed by atoms with van der Waals surface area (Å²) in [6.45, 7) is 5.76. The minimum absolute atomic E-state index is 0.0815. The fourth-order valence-electron chi connectivity index (χ4n) is 3.10. The van der Waals surface area contributed by atoms with Crippen LogP contribution in [0.25, 0.3) is 21.5 Å². The molecule has 0 saturated carbocycles. The van der Waals surface area contributed by atoms with Gasteiger partial charge in [0.15, 0.2) is 5.78 Å². The highest BCUT2D eigenvalue weighted by Gasteiger charge is 2.17. The monoisotopic (exact) mass is 306 g/mol. The zero-order valence-electron chi connectivity index (χ0n) is 13.4. The number of rotatable bonds is 3. The summed E-state index contributed by atoms with van der Waals surface area (Å²) in [5, 5.41) is 12.8. The molecule has 0 atom stereocenters. The van der Waals surface area contributed by atoms with Gasteiger partial charge in [-0.2, -0.15) is 0 Å². The van der Waals surface area contributed by atoms with Gasteiger partial charge >= 0.3 is 5.97 Å². The Labute approximate surface area is 134 Å². The van der Waals surface area contributed by atoms with Crippen molar-refractivity contribution in [2.24, 2.45) is 5.92 Å². The average Bonchev–Trinajstić information content (AvgIpc) is 2.53. The summed E-state index contributed by atoms with van der Waals surface area (Å²) < 4.78 is 0. The van der Waals surface area contributed by atoms with E-state index in [1.54, 1.807) is 18.2 Å². The molecule has 3 aromatic carbocycles. The third kappa shape index (κ3) is 2.38. The van der Waals surface area contributed by atoms with Crippen LogP contribution in [-0.4, -0.2) is 16.9 Å². The van der Waals surface area contributed by atoms with Gasteiger partial charge in [0.1, 0.15) is 0 Å². The minimum atomic E-state index is -0.943. The Balaban J connectivity index is 2.46. The number of hydrogen-bond donors (Lipinski definition) is 1. The highest BCUT2D eigenvalue weighted by molar-refractivity contribution is 6.19. The van der Waals surface area contributed by atoms with E-state index in [9.17, 15) is 14.7 Å². The number of carbonyl (C=O) groups excluding carboxylic acids is 1. The summed E-state index contributed by atoms with van der Waals surface area (Å²) in [5.74, 6) is -0.923. The first-order chi connectivity index (χ1) is 10.9. The van der Waals surface area contributed by atoms with Crippen LogP contribution in [0.2, 0.25) is 0 Å². The van der Waals surface area contributed by atoms with Crippen molar-refractivity contribution in [1.29, 1.82) is 0 Å². The first-order valence-corrected chi connectivity index (χ1v) is 7.64. The first-order valence-electron chi connectivity index (χ1n) is 7.64. The van der Waals surface area contributed by atoms with Crippen molar-refractivity contribution in [2.75, 3.05) is 0 Å². The fourth-order valence-corrected chi connectivity index (χ4v) is 3.10. The molecule has 0 amide bonds. The molecule has 0 aliphatic rings. The van der Waals surface area contributed by atoms with Gasteiger partial charge in [-0.1, -0.05) is 50.2 Å². The van der Waals surface area contributed by atoms with E-state index in [4.69, 9.17) is 0 Å².